The van der Waals surface area contributed by atoms with E-state index < -0.39 is 18.1 Å². The van der Waals surface area contributed by atoms with Gasteiger partial charge in [-0.3, -0.25) is 9.59 Å². The highest BCUT2D eigenvalue weighted by atomic mass is 16.5. The first-order valence-electron chi connectivity index (χ1n) is 9.77. The maximum absolute atomic E-state index is 12.9. The largest absolute Gasteiger partial charge is 0.497 e. The third-order valence-corrected chi connectivity index (χ3v) is 4.72. The Kier molecular flexibility index (Phi) is 7.22. The molecular formula is C25H25NO4. The standard InChI is InChI=1S/C25H25NO4/c1-18(27)26-23(19-13-15-22(29-2)16-14-19)17-24(28)30-25(20-9-5-3-6-10-20)21-11-7-4-8-12-21/h3-16,23,25H,17H2,1-2H3,(H,26,27). The van der Waals surface area contributed by atoms with Gasteiger partial charge in [0.25, 0.3) is 0 Å². The SMILES string of the molecule is COc1ccc(C(CC(=O)OC(c2ccccc2)c2ccccc2)NC(C)=O)cc1. The van der Waals surface area contributed by atoms with E-state index in [4.69, 9.17) is 9.47 Å². The molecule has 3 aromatic rings. The van der Waals surface area contributed by atoms with Crippen molar-refractivity contribution in [1.29, 1.82) is 0 Å². The van der Waals surface area contributed by atoms with Gasteiger partial charge >= 0.3 is 5.97 Å². The summed E-state index contributed by atoms with van der Waals surface area (Å²) in [6.45, 7) is 1.43. The van der Waals surface area contributed by atoms with Crippen LogP contribution < -0.4 is 10.1 Å². The molecule has 3 aromatic carbocycles. The zero-order chi connectivity index (χ0) is 21.3. The number of carbonyl (C=O) groups excluding carboxylic acids is 2. The van der Waals surface area contributed by atoms with E-state index in [1.54, 1.807) is 19.2 Å². The van der Waals surface area contributed by atoms with Crippen molar-refractivity contribution >= 4 is 11.9 Å². The van der Waals surface area contributed by atoms with Crippen molar-refractivity contribution in [2.24, 2.45) is 0 Å². The minimum atomic E-state index is -0.520. The molecule has 3 rings (SSSR count). The monoisotopic (exact) mass is 403 g/mol. The summed E-state index contributed by atoms with van der Waals surface area (Å²) in [4.78, 5) is 24.6. The second-order valence-electron chi connectivity index (χ2n) is 6.92. The number of benzene rings is 3. The molecule has 5 nitrogen and oxygen atoms in total. The van der Waals surface area contributed by atoms with Gasteiger partial charge in [-0.2, -0.15) is 0 Å². The van der Waals surface area contributed by atoms with Crippen LogP contribution in [0.2, 0.25) is 0 Å². The summed E-state index contributed by atoms with van der Waals surface area (Å²) in [5.41, 5.74) is 2.58. The van der Waals surface area contributed by atoms with Crippen molar-refractivity contribution in [2.75, 3.05) is 7.11 Å². The quantitative estimate of drug-likeness (QED) is 0.559. The van der Waals surface area contributed by atoms with Gasteiger partial charge in [0.1, 0.15) is 5.75 Å². The first kappa shape index (κ1) is 21.1. The molecule has 1 atom stereocenters. The second-order valence-corrected chi connectivity index (χ2v) is 6.92. The van der Waals surface area contributed by atoms with E-state index in [1.165, 1.54) is 6.92 Å². The van der Waals surface area contributed by atoms with Crippen molar-refractivity contribution in [3.8, 4) is 5.75 Å². The van der Waals surface area contributed by atoms with E-state index in [0.29, 0.717) is 5.75 Å². The van der Waals surface area contributed by atoms with Crippen molar-refractivity contribution in [2.45, 2.75) is 25.5 Å². The molecular weight excluding hydrogens is 378 g/mol. The Balaban J connectivity index is 1.80. The summed E-state index contributed by atoms with van der Waals surface area (Å²) in [7, 11) is 1.59. The lowest BCUT2D eigenvalue weighted by molar-refractivity contribution is -0.148. The van der Waals surface area contributed by atoms with Crippen LogP contribution in [0.15, 0.2) is 84.9 Å². The number of esters is 1. The van der Waals surface area contributed by atoms with Crippen molar-refractivity contribution < 1.29 is 19.1 Å². The van der Waals surface area contributed by atoms with Gasteiger partial charge in [0, 0.05) is 6.92 Å². The number of nitrogens with one attached hydrogen (secondary N) is 1. The molecule has 1 N–H and O–H groups in total. The predicted molar refractivity (Wildman–Crippen MR) is 115 cm³/mol. The fourth-order valence-corrected chi connectivity index (χ4v) is 3.26. The van der Waals surface area contributed by atoms with E-state index in [0.717, 1.165) is 16.7 Å². The lowest BCUT2D eigenvalue weighted by atomic mass is 10.0. The summed E-state index contributed by atoms with van der Waals surface area (Å²) < 4.78 is 11.1. The van der Waals surface area contributed by atoms with Crippen LogP contribution in [-0.4, -0.2) is 19.0 Å². The molecule has 30 heavy (non-hydrogen) atoms. The molecule has 0 aliphatic heterocycles. The number of hydrogen-bond acceptors (Lipinski definition) is 4. The highest BCUT2D eigenvalue weighted by Gasteiger charge is 2.23. The Labute approximate surface area is 176 Å². The van der Waals surface area contributed by atoms with Gasteiger partial charge in [-0.05, 0) is 28.8 Å². The molecule has 154 valence electrons. The van der Waals surface area contributed by atoms with E-state index in [1.807, 2.05) is 72.8 Å². The minimum absolute atomic E-state index is 0.0159. The van der Waals surface area contributed by atoms with Crippen molar-refractivity contribution in [3.63, 3.8) is 0 Å². The van der Waals surface area contributed by atoms with Crippen LogP contribution in [0.25, 0.3) is 0 Å². The Hall–Kier alpha value is -3.60. The third-order valence-electron chi connectivity index (χ3n) is 4.72. The molecule has 0 spiro atoms. The number of ether oxygens (including phenoxy) is 2. The number of rotatable bonds is 8. The van der Waals surface area contributed by atoms with E-state index in [2.05, 4.69) is 5.32 Å². The van der Waals surface area contributed by atoms with Crippen LogP contribution in [0.5, 0.6) is 5.75 Å². The van der Waals surface area contributed by atoms with Gasteiger partial charge in [-0.15, -0.1) is 0 Å². The lowest BCUT2D eigenvalue weighted by Gasteiger charge is -2.22. The summed E-state index contributed by atoms with van der Waals surface area (Å²) in [6.07, 6.45) is -0.504. The van der Waals surface area contributed by atoms with Gasteiger partial charge < -0.3 is 14.8 Å². The molecule has 0 saturated carbocycles. The molecule has 0 aliphatic rings. The fourth-order valence-electron chi connectivity index (χ4n) is 3.26. The Morgan fingerprint density at radius 2 is 1.33 bits per heavy atom. The van der Waals surface area contributed by atoms with Crippen LogP contribution in [-0.2, 0) is 14.3 Å². The lowest BCUT2D eigenvalue weighted by Crippen LogP contribution is -2.29. The molecule has 0 radical (unpaired) electrons. The number of methoxy groups -OCH3 is 1. The highest BCUT2D eigenvalue weighted by Crippen LogP contribution is 2.28. The van der Waals surface area contributed by atoms with Crippen molar-refractivity contribution in [1.82, 2.24) is 5.32 Å². The summed E-state index contributed by atoms with van der Waals surface area (Å²) in [5, 5.41) is 2.84. The average Bonchev–Trinajstić information content (AvgIpc) is 2.78. The van der Waals surface area contributed by atoms with Gasteiger partial charge in [0.2, 0.25) is 5.91 Å². The van der Waals surface area contributed by atoms with Crippen LogP contribution in [0.3, 0.4) is 0 Å². The number of amides is 1. The summed E-state index contributed by atoms with van der Waals surface area (Å²) in [6, 6.07) is 26.0. The van der Waals surface area contributed by atoms with Crippen LogP contribution in [0, 0.1) is 0 Å². The second kappa shape index (κ2) is 10.3. The third kappa shape index (κ3) is 5.70. The van der Waals surface area contributed by atoms with Crippen LogP contribution in [0.1, 0.15) is 42.2 Å². The van der Waals surface area contributed by atoms with E-state index in [9.17, 15) is 9.59 Å². The van der Waals surface area contributed by atoms with Crippen LogP contribution >= 0.6 is 0 Å². The Bertz CT molecular complexity index is 916. The Morgan fingerprint density at radius 3 is 1.80 bits per heavy atom. The molecule has 0 aliphatic carbocycles. The zero-order valence-corrected chi connectivity index (χ0v) is 17.1. The zero-order valence-electron chi connectivity index (χ0n) is 17.1. The number of hydrogen-bond donors (Lipinski definition) is 1. The minimum Gasteiger partial charge on any atom is -0.497 e. The first-order valence-corrected chi connectivity index (χ1v) is 9.77. The van der Waals surface area contributed by atoms with Gasteiger partial charge in [0.15, 0.2) is 6.10 Å². The average molecular weight is 403 g/mol. The van der Waals surface area contributed by atoms with Crippen LogP contribution in [0.4, 0.5) is 0 Å². The molecule has 0 saturated heterocycles. The summed E-state index contributed by atoms with van der Waals surface area (Å²) >= 11 is 0. The molecule has 1 amide bonds. The maximum atomic E-state index is 12.9. The van der Waals surface area contributed by atoms with Crippen molar-refractivity contribution in [3.05, 3.63) is 102 Å². The Morgan fingerprint density at radius 1 is 0.800 bits per heavy atom. The van der Waals surface area contributed by atoms with E-state index in [-0.39, 0.29) is 12.3 Å². The molecule has 5 heteroatoms. The van der Waals surface area contributed by atoms with Gasteiger partial charge in [-0.1, -0.05) is 72.8 Å². The highest BCUT2D eigenvalue weighted by molar-refractivity contribution is 5.76. The first-order chi connectivity index (χ1) is 14.6. The van der Waals surface area contributed by atoms with Gasteiger partial charge in [0.05, 0.1) is 19.6 Å². The smallest absolute Gasteiger partial charge is 0.309 e. The summed E-state index contributed by atoms with van der Waals surface area (Å²) in [5.74, 6) is 0.0877. The fraction of sp³-hybridized carbons (Fsp3) is 0.200. The molecule has 0 aromatic heterocycles. The topological polar surface area (TPSA) is 64.6 Å². The molecule has 0 bridgehead atoms. The van der Waals surface area contributed by atoms with Gasteiger partial charge in [-0.25, -0.2) is 0 Å². The number of carbonyl (C=O) groups is 2. The maximum Gasteiger partial charge on any atom is 0.309 e. The van der Waals surface area contributed by atoms with E-state index >= 15 is 0 Å². The molecule has 0 heterocycles. The molecule has 0 fully saturated rings. The predicted octanol–water partition coefficient (Wildman–Crippen LogP) is 4.60. The normalized spacial score (nSPS) is 11.6. The molecule has 1 unspecified atom stereocenters.